The summed E-state index contributed by atoms with van der Waals surface area (Å²) in [7, 11) is 0. The quantitative estimate of drug-likeness (QED) is 0.575. The third-order valence-electron chi connectivity index (χ3n) is 4.32. The molecule has 0 radical (unpaired) electrons. The molecule has 3 aromatic heterocycles. The molecule has 1 amide bonds. The van der Waals surface area contributed by atoms with Crippen LogP contribution in [0.1, 0.15) is 46.2 Å². The Hall–Kier alpha value is -3.51. The second-order valence-corrected chi connectivity index (χ2v) is 6.68. The predicted molar refractivity (Wildman–Crippen MR) is 96.9 cm³/mol. The number of carbonyl (C=O) groups is 1. The maximum absolute atomic E-state index is 12.6. The number of hydrogen-bond acceptors (Lipinski definition) is 6. The molecule has 0 fully saturated rings. The Labute approximate surface area is 176 Å². The lowest BCUT2D eigenvalue weighted by Crippen LogP contribution is -2.17. The van der Waals surface area contributed by atoms with Crippen molar-refractivity contribution in [2.75, 3.05) is 0 Å². The Morgan fingerprint density at radius 3 is 2.28 bits per heavy atom. The summed E-state index contributed by atoms with van der Waals surface area (Å²) in [5.74, 6) is 0.00465. The van der Waals surface area contributed by atoms with Gasteiger partial charge in [0.25, 0.3) is 5.91 Å². The zero-order valence-electron chi connectivity index (χ0n) is 16.2. The zero-order chi connectivity index (χ0) is 23.5. The first-order valence-electron chi connectivity index (χ1n) is 9.16. The molecule has 170 valence electrons. The maximum atomic E-state index is 12.6. The molecule has 3 aromatic rings. The number of oxazole rings is 1. The van der Waals surface area contributed by atoms with Crippen LogP contribution in [-0.2, 0) is 25.2 Å². The van der Waals surface area contributed by atoms with E-state index in [1.807, 2.05) is 0 Å². The van der Waals surface area contributed by atoms with Crippen molar-refractivity contribution in [2.24, 2.45) is 5.73 Å². The first-order chi connectivity index (χ1) is 14.9. The number of rotatable bonds is 2. The molecular formula is C19H15F6N5O2. The minimum atomic E-state index is -4.61. The van der Waals surface area contributed by atoms with Gasteiger partial charge in [0.1, 0.15) is 17.1 Å². The highest BCUT2D eigenvalue weighted by molar-refractivity contribution is 5.90. The number of alkyl halides is 6. The number of fused-ring (bicyclic) bond motifs is 1. The van der Waals surface area contributed by atoms with Crippen molar-refractivity contribution >= 4 is 5.91 Å². The molecule has 1 aliphatic rings. The standard InChI is InChI=1S/C13H11F3N2O.C6H4F3N3O/c14-13(15,16)11-7-8(5-6-17-11)12-18-9-3-1-2-4-10(9)19-12;7-6(8,9)4-2-11-1-3(12-4)5(10)13/h5-7H,1-4H2;1-2H,(H2,10,13). The van der Waals surface area contributed by atoms with Crippen molar-refractivity contribution in [1.29, 1.82) is 0 Å². The largest absolute Gasteiger partial charge is 0.441 e. The fraction of sp³-hybridized carbons (Fsp3) is 0.316. The molecule has 0 aromatic carbocycles. The van der Waals surface area contributed by atoms with Crippen LogP contribution >= 0.6 is 0 Å². The van der Waals surface area contributed by atoms with Gasteiger partial charge in [-0.3, -0.25) is 14.8 Å². The summed E-state index contributed by atoms with van der Waals surface area (Å²) in [5, 5.41) is 0. The van der Waals surface area contributed by atoms with Crippen LogP contribution in [0.5, 0.6) is 0 Å². The Morgan fingerprint density at radius 1 is 0.969 bits per heavy atom. The molecule has 0 spiro atoms. The molecule has 0 aliphatic heterocycles. The van der Waals surface area contributed by atoms with Gasteiger partial charge in [0.2, 0.25) is 5.89 Å². The Kier molecular flexibility index (Phi) is 6.46. The normalized spacial score (nSPS) is 13.7. The van der Waals surface area contributed by atoms with Gasteiger partial charge >= 0.3 is 12.4 Å². The molecule has 32 heavy (non-hydrogen) atoms. The highest BCUT2D eigenvalue weighted by Crippen LogP contribution is 2.32. The summed E-state index contributed by atoms with van der Waals surface area (Å²) < 4.78 is 79.3. The third kappa shape index (κ3) is 5.59. The summed E-state index contributed by atoms with van der Waals surface area (Å²) in [6, 6.07) is 2.45. The lowest BCUT2D eigenvalue weighted by molar-refractivity contribution is -0.142. The highest BCUT2D eigenvalue weighted by Gasteiger charge is 2.34. The Morgan fingerprint density at radius 2 is 1.66 bits per heavy atom. The number of pyridine rings is 1. The topological polar surface area (TPSA) is 108 Å². The van der Waals surface area contributed by atoms with Gasteiger partial charge in [-0.05, 0) is 31.4 Å². The number of carbonyl (C=O) groups excluding carboxylic acids is 1. The number of aromatic nitrogens is 4. The number of nitrogens with zero attached hydrogens (tertiary/aromatic N) is 4. The van der Waals surface area contributed by atoms with E-state index >= 15 is 0 Å². The molecule has 1 aliphatic carbocycles. The molecule has 4 rings (SSSR count). The Balaban J connectivity index is 0.000000195. The van der Waals surface area contributed by atoms with Gasteiger partial charge in [-0.2, -0.15) is 26.3 Å². The number of aryl methyl sites for hydroxylation is 2. The van der Waals surface area contributed by atoms with E-state index in [4.69, 9.17) is 10.2 Å². The average Bonchev–Trinajstić information content (AvgIpc) is 3.18. The van der Waals surface area contributed by atoms with Crippen LogP contribution < -0.4 is 5.73 Å². The van der Waals surface area contributed by atoms with Crippen molar-refractivity contribution in [3.63, 3.8) is 0 Å². The van der Waals surface area contributed by atoms with Crippen LogP contribution in [0.2, 0.25) is 0 Å². The number of amides is 1. The second-order valence-electron chi connectivity index (χ2n) is 6.68. The van der Waals surface area contributed by atoms with Crippen LogP contribution in [0.3, 0.4) is 0 Å². The smallest absolute Gasteiger partial charge is 0.434 e. The molecule has 0 saturated carbocycles. The predicted octanol–water partition coefficient (Wildman–Crippen LogP) is 4.23. The number of hydrogen-bond donors (Lipinski definition) is 1. The first kappa shape index (κ1) is 23.2. The molecule has 0 atom stereocenters. The summed E-state index contributed by atoms with van der Waals surface area (Å²) >= 11 is 0. The minimum Gasteiger partial charge on any atom is -0.441 e. The molecule has 0 bridgehead atoms. The highest BCUT2D eigenvalue weighted by atomic mass is 19.4. The van der Waals surface area contributed by atoms with E-state index in [0.717, 1.165) is 55.6 Å². The number of halogens is 6. The van der Waals surface area contributed by atoms with Gasteiger partial charge < -0.3 is 10.2 Å². The lowest BCUT2D eigenvalue weighted by atomic mass is 10.0. The van der Waals surface area contributed by atoms with Crippen molar-refractivity contribution < 1.29 is 35.6 Å². The van der Waals surface area contributed by atoms with E-state index in [1.165, 1.54) is 6.07 Å². The third-order valence-corrected chi connectivity index (χ3v) is 4.32. The van der Waals surface area contributed by atoms with E-state index in [1.54, 1.807) is 0 Å². The van der Waals surface area contributed by atoms with Gasteiger partial charge in [-0.15, -0.1) is 0 Å². The molecule has 2 N–H and O–H groups in total. The zero-order valence-corrected chi connectivity index (χ0v) is 16.2. The van der Waals surface area contributed by atoms with Crippen LogP contribution in [0.4, 0.5) is 26.3 Å². The molecule has 0 unspecified atom stereocenters. The second kappa shape index (κ2) is 8.93. The van der Waals surface area contributed by atoms with Gasteiger partial charge in [0.15, 0.2) is 5.69 Å². The number of nitrogens with two attached hydrogens (primary N) is 1. The van der Waals surface area contributed by atoms with Crippen molar-refractivity contribution in [2.45, 2.75) is 38.0 Å². The van der Waals surface area contributed by atoms with Gasteiger partial charge in [0, 0.05) is 18.2 Å². The molecular weight excluding hydrogens is 444 g/mol. The monoisotopic (exact) mass is 459 g/mol. The van der Waals surface area contributed by atoms with Crippen molar-refractivity contribution in [3.8, 4) is 11.5 Å². The SMILES string of the molecule is FC(F)(F)c1cc(-c2nc3c(o2)CCCC3)ccn1.NC(=O)c1cncc(C(F)(F)F)n1. The molecule has 7 nitrogen and oxygen atoms in total. The van der Waals surface area contributed by atoms with E-state index in [9.17, 15) is 31.1 Å². The summed E-state index contributed by atoms with van der Waals surface area (Å²) in [6.45, 7) is 0. The molecule has 0 saturated heterocycles. The first-order valence-corrected chi connectivity index (χ1v) is 9.16. The maximum Gasteiger partial charge on any atom is 0.434 e. The van der Waals surface area contributed by atoms with Crippen molar-refractivity contribution in [1.82, 2.24) is 19.9 Å². The summed E-state index contributed by atoms with van der Waals surface area (Å²) in [5.41, 5.74) is 3.23. The summed E-state index contributed by atoms with van der Waals surface area (Å²) in [6.07, 6.45) is -2.84. The van der Waals surface area contributed by atoms with E-state index in [-0.39, 0.29) is 5.89 Å². The van der Waals surface area contributed by atoms with Gasteiger partial charge in [0.05, 0.1) is 18.1 Å². The lowest BCUT2D eigenvalue weighted by Gasteiger charge is -2.05. The summed E-state index contributed by atoms with van der Waals surface area (Å²) in [4.78, 5) is 24.2. The van der Waals surface area contributed by atoms with Crippen LogP contribution in [-0.4, -0.2) is 25.8 Å². The molecule has 3 heterocycles. The molecule has 13 heteroatoms. The fourth-order valence-corrected chi connectivity index (χ4v) is 2.82. The van der Waals surface area contributed by atoms with Crippen molar-refractivity contribution in [3.05, 3.63) is 59.3 Å². The van der Waals surface area contributed by atoms with Crippen LogP contribution in [0, 0.1) is 0 Å². The van der Waals surface area contributed by atoms with E-state index < -0.39 is 35.3 Å². The minimum absolute atomic E-state index is 0.250. The average molecular weight is 459 g/mol. The fourth-order valence-electron chi connectivity index (χ4n) is 2.82. The number of primary amides is 1. The van der Waals surface area contributed by atoms with Crippen LogP contribution in [0.25, 0.3) is 11.5 Å². The van der Waals surface area contributed by atoms with Crippen LogP contribution in [0.15, 0.2) is 35.1 Å². The van der Waals surface area contributed by atoms with E-state index in [2.05, 4.69) is 19.9 Å². The Bertz CT molecular complexity index is 1090. The van der Waals surface area contributed by atoms with Gasteiger partial charge in [-0.25, -0.2) is 9.97 Å². The van der Waals surface area contributed by atoms with E-state index in [0.29, 0.717) is 11.8 Å². The van der Waals surface area contributed by atoms with Gasteiger partial charge in [-0.1, -0.05) is 0 Å².